The van der Waals surface area contributed by atoms with Gasteiger partial charge in [0.1, 0.15) is 0 Å². The van der Waals surface area contributed by atoms with Crippen LogP contribution in [0.5, 0.6) is 0 Å². The third-order valence-electron chi connectivity index (χ3n) is 2.30. The zero-order chi connectivity index (χ0) is 15.0. The highest BCUT2D eigenvalue weighted by atomic mass is 16.6. The van der Waals surface area contributed by atoms with E-state index in [0.717, 1.165) is 0 Å². The summed E-state index contributed by atoms with van der Waals surface area (Å²) >= 11 is 0. The summed E-state index contributed by atoms with van der Waals surface area (Å²) in [5.41, 5.74) is 0. The van der Waals surface area contributed by atoms with E-state index in [2.05, 4.69) is 4.74 Å². The summed E-state index contributed by atoms with van der Waals surface area (Å²) in [6.45, 7) is 3.12. The second-order valence-electron chi connectivity index (χ2n) is 4.66. The molecule has 2 unspecified atom stereocenters. The normalized spacial score (nSPS) is 13.4. The summed E-state index contributed by atoms with van der Waals surface area (Å²) < 4.78 is 4.49. The van der Waals surface area contributed by atoms with Gasteiger partial charge in [0.15, 0.2) is 0 Å². The number of hydrogen-bond acceptors (Lipinski definition) is 5. The molecule has 7 heteroatoms. The average Bonchev–Trinajstić information content (AvgIpc) is 2.12. The predicted molar refractivity (Wildman–Crippen MR) is 63.2 cm³/mol. The Morgan fingerprint density at radius 3 is 1.37 bits per heavy atom. The van der Waals surface area contributed by atoms with Gasteiger partial charge in [-0.1, -0.05) is 13.8 Å². The number of rotatable bonds is 8. The standard InChI is InChI=1S/C12H18O7/c1-7(3-9(13)14)5-11(17)19-12(18)6-8(2)4-10(15)16/h7-8H,3-6H2,1-2H3,(H,13,14)(H,15,16). The van der Waals surface area contributed by atoms with Gasteiger partial charge in [0, 0.05) is 25.7 Å². The Balaban J connectivity index is 4.02. The number of esters is 2. The molecule has 0 saturated carbocycles. The molecule has 0 aromatic heterocycles. The molecular weight excluding hydrogens is 256 g/mol. The van der Waals surface area contributed by atoms with E-state index < -0.39 is 35.7 Å². The molecule has 0 bridgehead atoms. The molecule has 19 heavy (non-hydrogen) atoms. The maximum atomic E-state index is 11.3. The van der Waals surface area contributed by atoms with Crippen molar-refractivity contribution < 1.29 is 34.1 Å². The SMILES string of the molecule is CC(CC(=O)O)CC(=O)OC(=O)CC(C)CC(=O)O. The minimum Gasteiger partial charge on any atom is -0.481 e. The Labute approximate surface area is 110 Å². The Kier molecular flexibility index (Phi) is 7.40. The van der Waals surface area contributed by atoms with E-state index in [0.29, 0.717) is 0 Å². The molecule has 0 aliphatic heterocycles. The highest BCUT2D eigenvalue weighted by molar-refractivity contribution is 5.86. The van der Waals surface area contributed by atoms with Crippen molar-refractivity contribution in [3.63, 3.8) is 0 Å². The van der Waals surface area contributed by atoms with Crippen LogP contribution in [0.15, 0.2) is 0 Å². The number of carbonyl (C=O) groups is 4. The molecule has 0 rings (SSSR count). The number of carbonyl (C=O) groups excluding carboxylic acids is 2. The van der Waals surface area contributed by atoms with Crippen LogP contribution in [0.4, 0.5) is 0 Å². The maximum absolute atomic E-state index is 11.3. The number of ether oxygens (including phenoxy) is 1. The van der Waals surface area contributed by atoms with Gasteiger partial charge in [0.2, 0.25) is 0 Å². The van der Waals surface area contributed by atoms with Crippen LogP contribution in [0.2, 0.25) is 0 Å². The van der Waals surface area contributed by atoms with Gasteiger partial charge in [-0.25, -0.2) is 0 Å². The molecule has 0 radical (unpaired) electrons. The van der Waals surface area contributed by atoms with E-state index in [1.165, 1.54) is 0 Å². The van der Waals surface area contributed by atoms with Crippen LogP contribution >= 0.6 is 0 Å². The van der Waals surface area contributed by atoms with Gasteiger partial charge in [-0.15, -0.1) is 0 Å². The molecule has 2 atom stereocenters. The van der Waals surface area contributed by atoms with Crippen LogP contribution in [0.3, 0.4) is 0 Å². The largest absolute Gasteiger partial charge is 0.481 e. The number of carboxylic acid groups (broad SMARTS) is 2. The number of hydrogen-bond donors (Lipinski definition) is 2. The highest BCUT2D eigenvalue weighted by Crippen LogP contribution is 2.11. The van der Waals surface area contributed by atoms with Crippen molar-refractivity contribution in [3.8, 4) is 0 Å². The predicted octanol–water partition coefficient (Wildman–Crippen LogP) is 1.06. The van der Waals surface area contributed by atoms with E-state index in [1.54, 1.807) is 13.8 Å². The summed E-state index contributed by atoms with van der Waals surface area (Å²) in [6, 6.07) is 0. The van der Waals surface area contributed by atoms with E-state index in [4.69, 9.17) is 10.2 Å². The molecule has 0 aliphatic carbocycles. The summed E-state index contributed by atoms with van der Waals surface area (Å²) in [5.74, 6) is -4.48. The smallest absolute Gasteiger partial charge is 0.313 e. The van der Waals surface area contributed by atoms with Crippen molar-refractivity contribution in [2.45, 2.75) is 39.5 Å². The summed E-state index contributed by atoms with van der Waals surface area (Å²) in [5, 5.41) is 17.0. The molecule has 2 N–H and O–H groups in total. The number of aliphatic carboxylic acids is 2. The lowest BCUT2D eigenvalue weighted by molar-refractivity contribution is -0.160. The Bertz CT molecular complexity index is 327. The molecule has 0 amide bonds. The molecule has 0 aromatic carbocycles. The third-order valence-corrected chi connectivity index (χ3v) is 2.30. The van der Waals surface area contributed by atoms with Gasteiger partial charge in [-0.05, 0) is 11.8 Å². The van der Waals surface area contributed by atoms with Crippen molar-refractivity contribution in [2.75, 3.05) is 0 Å². The van der Waals surface area contributed by atoms with Gasteiger partial charge in [-0.3, -0.25) is 19.2 Å². The molecule has 0 fully saturated rings. The lowest BCUT2D eigenvalue weighted by Crippen LogP contribution is -2.18. The van der Waals surface area contributed by atoms with E-state index in [1.807, 2.05) is 0 Å². The first-order valence-corrected chi connectivity index (χ1v) is 5.87. The first-order chi connectivity index (χ1) is 8.70. The second-order valence-corrected chi connectivity index (χ2v) is 4.66. The fourth-order valence-corrected chi connectivity index (χ4v) is 1.52. The summed E-state index contributed by atoms with van der Waals surface area (Å²) in [6.07, 6.45) is -0.686. The van der Waals surface area contributed by atoms with E-state index in [9.17, 15) is 19.2 Å². The monoisotopic (exact) mass is 274 g/mol. The van der Waals surface area contributed by atoms with Crippen LogP contribution in [0, 0.1) is 11.8 Å². The molecule has 0 aliphatic rings. The van der Waals surface area contributed by atoms with Gasteiger partial charge in [-0.2, -0.15) is 0 Å². The van der Waals surface area contributed by atoms with Crippen molar-refractivity contribution in [1.29, 1.82) is 0 Å². The van der Waals surface area contributed by atoms with Gasteiger partial charge in [0.05, 0.1) is 0 Å². The van der Waals surface area contributed by atoms with E-state index in [-0.39, 0.29) is 25.7 Å². The summed E-state index contributed by atoms with van der Waals surface area (Å²) in [4.78, 5) is 43.4. The van der Waals surface area contributed by atoms with Crippen molar-refractivity contribution >= 4 is 23.9 Å². The Morgan fingerprint density at radius 2 is 1.11 bits per heavy atom. The molecule has 108 valence electrons. The quantitative estimate of drug-likeness (QED) is 0.501. The molecule has 0 aromatic rings. The highest BCUT2D eigenvalue weighted by Gasteiger charge is 2.19. The fraction of sp³-hybridized carbons (Fsp3) is 0.667. The van der Waals surface area contributed by atoms with Crippen molar-refractivity contribution in [1.82, 2.24) is 0 Å². The van der Waals surface area contributed by atoms with Crippen LogP contribution in [-0.2, 0) is 23.9 Å². The third kappa shape index (κ3) is 9.75. The minimum atomic E-state index is -1.03. The van der Waals surface area contributed by atoms with Gasteiger partial charge < -0.3 is 14.9 Å². The van der Waals surface area contributed by atoms with Crippen LogP contribution < -0.4 is 0 Å². The minimum absolute atomic E-state index is 0.161. The average molecular weight is 274 g/mol. The van der Waals surface area contributed by atoms with E-state index >= 15 is 0 Å². The summed E-state index contributed by atoms with van der Waals surface area (Å²) in [7, 11) is 0. The molecule has 0 spiro atoms. The zero-order valence-electron chi connectivity index (χ0n) is 10.9. The fourth-order valence-electron chi connectivity index (χ4n) is 1.52. The van der Waals surface area contributed by atoms with Gasteiger partial charge >= 0.3 is 23.9 Å². The zero-order valence-corrected chi connectivity index (χ0v) is 10.9. The van der Waals surface area contributed by atoms with Crippen LogP contribution in [0.25, 0.3) is 0 Å². The molecule has 0 saturated heterocycles. The van der Waals surface area contributed by atoms with Gasteiger partial charge in [0.25, 0.3) is 0 Å². The van der Waals surface area contributed by atoms with Crippen molar-refractivity contribution in [3.05, 3.63) is 0 Å². The van der Waals surface area contributed by atoms with Crippen LogP contribution in [0.1, 0.15) is 39.5 Å². The molecule has 0 heterocycles. The Hall–Kier alpha value is -1.92. The number of carboxylic acids is 2. The first-order valence-electron chi connectivity index (χ1n) is 5.87. The Morgan fingerprint density at radius 1 is 0.789 bits per heavy atom. The topological polar surface area (TPSA) is 118 Å². The molecule has 7 nitrogen and oxygen atoms in total. The van der Waals surface area contributed by atoms with Crippen LogP contribution in [-0.4, -0.2) is 34.1 Å². The second kappa shape index (κ2) is 8.23. The lowest BCUT2D eigenvalue weighted by Gasteiger charge is -2.09. The lowest BCUT2D eigenvalue weighted by atomic mass is 10.0. The van der Waals surface area contributed by atoms with Crippen molar-refractivity contribution in [2.24, 2.45) is 11.8 Å². The maximum Gasteiger partial charge on any atom is 0.313 e. The molecular formula is C12H18O7. The first kappa shape index (κ1) is 17.1.